The van der Waals surface area contributed by atoms with Crippen LogP contribution in [0.4, 0.5) is 0 Å². The van der Waals surface area contributed by atoms with Gasteiger partial charge in [-0.15, -0.1) is 0 Å². The highest BCUT2D eigenvalue weighted by atomic mass is 31.2. The second kappa shape index (κ2) is 7.06. The van der Waals surface area contributed by atoms with Crippen molar-refractivity contribution in [3.05, 3.63) is 12.2 Å². The van der Waals surface area contributed by atoms with Crippen LogP contribution in [0.3, 0.4) is 0 Å². The molecule has 0 aromatic carbocycles. The second-order valence-corrected chi connectivity index (χ2v) is 7.85. The van der Waals surface area contributed by atoms with E-state index in [0.29, 0.717) is 19.4 Å². The molecule has 1 N–H and O–H groups in total. The molecule has 1 saturated heterocycles. The molecule has 2 rings (SSSR count). The highest BCUT2D eigenvalue weighted by molar-refractivity contribution is 7.58. The largest absolute Gasteiger partial charge is 0.344 e. The van der Waals surface area contributed by atoms with E-state index in [1.54, 1.807) is 0 Å². The molecule has 0 bridgehead atoms. The molecule has 126 valence electrons. The number of hydrogen-bond donors (Lipinski definition) is 1. The number of imide groups is 1. The monoisotopic (exact) mass is 344 g/mol. The third-order valence-electron chi connectivity index (χ3n) is 3.48. The second-order valence-electron chi connectivity index (χ2n) is 5.27. The molecule has 9 nitrogen and oxygen atoms in total. The van der Waals surface area contributed by atoms with Crippen LogP contribution in [0.15, 0.2) is 12.2 Å². The highest BCUT2D eigenvalue weighted by Gasteiger charge is 2.29. The Labute approximate surface area is 132 Å². The lowest BCUT2D eigenvalue weighted by Crippen LogP contribution is -2.33. The number of carbonyl (C=O) groups is 4. The van der Waals surface area contributed by atoms with Crippen LogP contribution in [-0.4, -0.2) is 64.0 Å². The minimum absolute atomic E-state index is 0.182. The minimum Gasteiger partial charge on any atom is -0.344 e. The fourth-order valence-corrected chi connectivity index (χ4v) is 3.44. The van der Waals surface area contributed by atoms with Crippen molar-refractivity contribution in [2.45, 2.75) is 19.3 Å². The molecular weight excluding hydrogens is 327 g/mol. The molecule has 10 heteroatoms. The zero-order chi connectivity index (χ0) is 17.0. The summed E-state index contributed by atoms with van der Waals surface area (Å²) in [4.78, 5) is 61.0. The smallest absolute Gasteiger partial charge is 0.333 e. The van der Waals surface area contributed by atoms with E-state index in [4.69, 9.17) is 4.84 Å². The van der Waals surface area contributed by atoms with Gasteiger partial charge in [0.2, 0.25) is 7.37 Å². The molecule has 23 heavy (non-hydrogen) atoms. The minimum atomic E-state index is -3.69. The average molecular weight is 344 g/mol. The van der Waals surface area contributed by atoms with Crippen molar-refractivity contribution in [3.63, 3.8) is 0 Å². The molecule has 0 aromatic rings. The van der Waals surface area contributed by atoms with Gasteiger partial charge in [0, 0.05) is 37.4 Å². The zero-order valence-corrected chi connectivity index (χ0v) is 13.2. The third-order valence-corrected chi connectivity index (χ3v) is 5.30. The lowest BCUT2D eigenvalue weighted by Gasteiger charge is -2.18. The Kier molecular flexibility index (Phi) is 5.33. The average Bonchev–Trinajstić information content (AvgIpc) is 3.02. The van der Waals surface area contributed by atoms with E-state index in [0.717, 1.165) is 22.1 Å². The summed E-state index contributed by atoms with van der Waals surface area (Å²) in [6.07, 6.45) is 2.16. The maximum absolute atomic E-state index is 12.0. The Hall–Kier alpha value is -1.99. The number of rotatable bonds is 7. The number of carbonyl (C=O) groups excluding carboxylic acids is 4. The van der Waals surface area contributed by atoms with Crippen LogP contribution in [0, 0.1) is 0 Å². The molecule has 0 spiro atoms. The lowest BCUT2D eigenvalue weighted by molar-refractivity contribution is -0.192. The summed E-state index contributed by atoms with van der Waals surface area (Å²) >= 11 is 0. The van der Waals surface area contributed by atoms with Gasteiger partial charge in [0.1, 0.15) is 0 Å². The topological polar surface area (TPSA) is 121 Å². The van der Waals surface area contributed by atoms with Gasteiger partial charge in [-0.1, -0.05) is 0 Å². The van der Waals surface area contributed by atoms with Gasteiger partial charge >= 0.3 is 5.97 Å². The Bertz CT molecular complexity index is 597. The zero-order valence-electron chi connectivity index (χ0n) is 12.3. The first-order chi connectivity index (χ1) is 10.8. The first-order valence-electron chi connectivity index (χ1n) is 7.14. The van der Waals surface area contributed by atoms with Gasteiger partial charge in [-0.3, -0.25) is 23.8 Å². The highest BCUT2D eigenvalue weighted by Crippen LogP contribution is 2.41. The Morgan fingerprint density at radius 1 is 1.22 bits per heavy atom. The first-order valence-corrected chi connectivity index (χ1v) is 9.17. The summed E-state index contributed by atoms with van der Waals surface area (Å²) in [5, 5.41) is 0.956. The van der Waals surface area contributed by atoms with Gasteiger partial charge in [0.25, 0.3) is 17.7 Å². The van der Waals surface area contributed by atoms with E-state index in [9.17, 15) is 28.6 Å². The van der Waals surface area contributed by atoms with Crippen molar-refractivity contribution in [1.29, 1.82) is 0 Å². The molecule has 2 heterocycles. The van der Waals surface area contributed by atoms with Crippen molar-refractivity contribution < 1.29 is 33.5 Å². The molecule has 2 aliphatic heterocycles. The van der Waals surface area contributed by atoms with Gasteiger partial charge in [-0.2, -0.15) is 5.06 Å². The quantitative estimate of drug-likeness (QED) is 0.495. The summed E-state index contributed by atoms with van der Waals surface area (Å²) in [5.74, 6) is -2.10. The number of hydroxylamine groups is 2. The number of nitrogens with zero attached hydrogens (tertiary/aromatic N) is 2. The van der Waals surface area contributed by atoms with E-state index < -0.39 is 25.2 Å². The predicted molar refractivity (Wildman–Crippen MR) is 77.1 cm³/mol. The molecule has 3 amide bonds. The lowest BCUT2D eigenvalue weighted by atomic mass is 10.4. The third kappa shape index (κ3) is 4.74. The first kappa shape index (κ1) is 17.4. The number of hydrogen-bond acceptors (Lipinski definition) is 6. The Morgan fingerprint density at radius 3 is 2.43 bits per heavy atom. The van der Waals surface area contributed by atoms with Crippen LogP contribution in [0.2, 0.25) is 0 Å². The van der Waals surface area contributed by atoms with Gasteiger partial charge < -0.3 is 9.73 Å². The van der Waals surface area contributed by atoms with E-state index >= 15 is 0 Å². The summed E-state index contributed by atoms with van der Waals surface area (Å²) in [7, 11) is -3.69. The summed E-state index contributed by atoms with van der Waals surface area (Å²) in [6, 6.07) is 0. The molecular formula is C13H17N2O7P. The summed E-state index contributed by atoms with van der Waals surface area (Å²) < 4.78 is 12.0. The fourth-order valence-electron chi connectivity index (χ4n) is 2.17. The van der Waals surface area contributed by atoms with Crippen molar-refractivity contribution >= 4 is 31.1 Å². The normalized spacial score (nSPS) is 20.3. The van der Waals surface area contributed by atoms with E-state index in [-0.39, 0.29) is 31.2 Å². The summed E-state index contributed by atoms with van der Waals surface area (Å²) in [5.41, 5.74) is 0. The molecule has 1 fully saturated rings. The molecule has 1 unspecified atom stereocenters. The van der Waals surface area contributed by atoms with Crippen molar-refractivity contribution in [2.24, 2.45) is 0 Å². The maximum atomic E-state index is 12.0. The molecule has 1 atom stereocenters. The van der Waals surface area contributed by atoms with Gasteiger partial charge in [0.15, 0.2) is 0 Å². The predicted octanol–water partition coefficient (Wildman–Crippen LogP) is -0.348. The van der Waals surface area contributed by atoms with Crippen LogP contribution >= 0.6 is 7.37 Å². The molecule has 0 saturated carbocycles. The fraction of sp³-hybridized carbons (Fsp3) is 0.538. The van der Waals surface area contributed by atoms with Gasteiger partial charge in [-0.25, -0.2) is 4.79 Å². The van der Waals surface area contributed by atoms with E-state index in [2.05, 4.69) is 0 Å². The molecule has 0 aromatic heterocycles. The van der Waals surface area contributed by atoms with Gasteiger partial charge in [-0.05, 0) is 6.42 Å². The van der Waals surface area contributed by atoms with Crippen LogP contribution in [-0.2, 0) is 28.6 Å². The van der Waals surface area contributed by atoms with Crippen molar-refractivity contribution in [2.75, 3.05) is 25.4 Å². The molecule has 0 aliphatic carbocycles. The van der Waals surface area contributed by atoms with Crippen molar-refractivity contribution in [3.8, 4) is 0 Å². The SMILES string of the molecule is O=C(CCP(=O)(O)CCN1C(=O)C=CC1=O)ON1CCCC1=O. The van der Waals surface area contributed by atoms with Crippen LogP contribution in [0.1, 0.15) is 19.3 Å². The molecule has 0 radical (unpaired) electrons. The van der Waals surface area contributed by atoms with Crippen LogP contribution in [0.25, 0.3) is 0 Å². The maximum Gasteiger partial charge on any atom is 0.333 e. The standard InChI is InChI=1S/C13H17N2O7P/c16-10-3-4-11(17)14(10)7-9-23(20,21)8-5-13(19)22-15-6-1-2-12(15)18/h3-4H,1-2,5-9H2,(H,20,21). The van der Waals surface area contributed by atoms with E-state index in [1.165, 1.54) is 0 Å². The van der Waals surface area contributed by atoms with Crippen LogP contribution < -0.4 is 0 Å². The Balaban J connectivity index is 1.74. The number of amides is 3. The Morgan fingerprint density at radius 2 is 1.87 bits per heavy atom. The van der Waals surface area contributed by atoms with E-state index in [1.807, 2.05) is 0 Å². The summed E-state index contributed by atoms with van der Waals surface area (Å²) in [6.45, 7) is 0.144. The molecule has 2 aliphatic rings. The van der Waals surface area contributed by atoms with Gasteiger partial charge in [0.05, 0.1) is 13.0 Å². The van der Waals surface area contributed by atoms with Crippen molar-refractivity contribution in [1.82, 2.24) is 9.96 Å². The van der Waals surface area contributed by atoms with Crippen LogP contribution in [0.5, 0.6) is 0 Å².